The molecule has 63 heavy (non-hydrogen) atoms. The molecule has 0 bridgehead atoms. The molecule has 5 aromatic carbocycles. The molecule has 1 aromatic heterocycles. The van der Waals surface area contributed by atoms with Crippen LogP contribution in [0.1, 0.15) is 27.7 Å². The van der Waals surface area contributed by atoms with Crippen molar-refractivity contribution in [3.8, 4) is 56.0 Å². The number of aromatic nitrogens is 1. The van der Waals surface area contributed by atoms with Crippen LogP contribution in [0.15, 0.2) is 109 Å². The van der Waals surface area contributed by atoms with E-state index in [4.69, 9.17) is 0 Å². The standard InChI is InChI=1S/C24H23F2N3O2.C23H23FN4O2.C2H6/c1-15(30)28-23-8-5-16(13-22(23)26)18-3-2-4-19(24(18)31)20-14-17(6-7-21(20)25)29-11-9-27-10-12-29;1-15(29)27-22-6-5-16(12-21(22)24)19-3-2-4-20(23(19)30)17-11-18(14-26-13-17)28-9-7-25-8-10-28;1-2/h2-8,13-14,27,31H,9-12H2,1H3,(H,28,30);2-6,11-14,25,30H,7-10H2,1H3,(H,27,29);1-2H3. The summed E-state index contributed by atoms with van der Waals surface area (Å²) in [5.41, 5.74) is 5.91. The van der Waals surface area contributed by atoms with Crippen molar-refractivity contribution in [1.29, 1.82) is 0 Å². The summed E-state index contributed by atoms with van der Waals surface area (Å²) < 4.78 is 43.5. The van der Waals surface area contributed by atoms with Gasteiger partial charge in [-0.1, -0.05) is 62.4 Å². The number of piperazine rings is 2. The number of hydrogen-bond acceptors (Lipinski definition) is 9. The summed E-state index contributed by atoms with van der Waals surface area (Å²) in [6.07, 6.45) is 3.54. The Kier molecular flexibility index (Phi) is 15.4. The third-order valence-electron chi connectivity index (χ3n) is 10.5. The van der Waals surface area contributed by atoms with Gasteiger partial charge in [0.1, 0.15) is 29.0 Å². The summed E-state index contributed by atoms with van der Waals surface area (Å²) in [7, 11) is 0. The van der Waals surface area contributed by atoms with E-state index in [1.54, 1.807) is 54.7 Å². The van der Waals surface area contributed by atoms with Crippen molar-refractivity contribution in [3.05, 3.63) is 127 Å². The fourth-order valence-corrected chi connectivity index (χ4v) is 7.46. The first-order valence-electron chi connectivity index (χ1n) is 20.9. The molecule has 6 N–H and O–H groups in total. The van der Waals surface area contributed by atoms with Crippen molar-refractivity contribution in [2.24, 2.45) is 0 Å². The smallest absolute Gasteiger partial charge is 0.221 e. The highest BCUT2D eigenvalue weighted by Gasteiger charge is 2.19. The predicted molar refractivity (Wildman–Crippen MR) is 246 cm³/mol. The molecule has 2 aliphatic rings. The van der Waals surface area contributed by atoms with Gasteiger partial charge >= 0.3 is 0 Å². The minimum Gasteiger partial charge on any atom is -0.507 e. The maximum Gasteiger partial charge on any atom is 0.221 e. The monoisotopic (exact) mass is 859 g/mol. The van der Waals surface area contributed by atoms with Crippen LogP contribution in [0.2, 0.25) is 0 Å². The van der Waals surface area contributed by atoms with E-state index in [9.17, 15) is 33.0 Å². The molecule has 2 fully saturated rings. The van der Waals surface area contributed by atoms with E-state index in [0.29, 0.717) is 33.4 Å². The number of phenolic OH excluding ortho intramolecular Hbond substituents is 2. The molecule has 6 aromatic rings. The van der Waals surface area contributed by atoms with Gasteiger partial charge in [0.2, 0.25) is 11.8 Å². The molecule has 0 atom stereocenters. The SMILES string of the molecule is CC.CC(=O)Nc1ccc(-c2cccc(-c3cc(N4CCNCC4)ccc3F)c2O)cc1F.CC(=O)Nc1ccc(-c2cccc(-c3cncc(N4CCNCC4)c3)c2O)cc1F. The molecule has 0 unspecified atom stereocenters. The number of carbonyl (C=O) groups excluding carboxylic acids is 2. The van der Waals surface area contributed by atoms with Gasteiger partial charge in [0.15, 0.2) is 0 Å². The second-order valence-electron chi connectivity index (χ2n) is 14.7. The lowest BCUT2D eigenvalue weighted by Gasteiger charge is -2.30. The first kappa shape index (κ1) is 45.6. The van der Waals surface area contributed by atoms with Crippen LogP contribution in [0.25, 0.3) is 44.5 Å². The third-order valence-corrected chi connectivity index (χ3v) is 10.5. The molecule has 8 rings (SSSR count). The van der Waals surface area contributed by atoms with Crippen LogP contribution in [0, 0.1) is 17.5 Å². The van der Waals surface area contributed by atoms with Crippen LogP contribution < -0.4 is 31.1 Å². The van der Waals surface area contributed by atoms with E-state index >= 15 is 0 Å². The Hall–Kier alpha value is -6.90. The van der Waals surface area contributed by atoms with Crippen LogP contribution in [0.3, 0.4) is 0 Å². The highest BCUT2D eigenvalue weighted by Crippen LogP contribution is 2.42. The topological polar surface area (TPSA) is 142 Å². The first-order chi connectivity index (χ1) is 30.5. The van der Waals surface area contributed by atoms with Crippen LogP contribution >= 0.6 is 0 Å². The Bertz CT molecular complexity index is 2560. The molecular weight excluding hydrogens is 808 g/mol. The van der Waals surface area contributed by atoms with Crippen molar-refractivity contribution < 1.29 is 33.0 Å². The van der Waals surface area contributed by atoms with E-state index in [1.165, 1.54) is 44.2 Å². The minimum absolute atomic E-state index is 0.0571. The van der Waals surface area contributed by atoms with E-state index in [1.807, 2.05) is 38.2 Å². The Morgan fingerprint density at radius 1 is 0.540 bits per heavy atom. The number of phenols is 2. The summed E-state index contributed by atoms with van der Waals surface area (Å²) in [6.45, 7) is 13.6. The van der Waals surface area contributed by atoms with E-state index in [0.717, 1.165) is 69.3 Å². The normalized spacial score (nSPS) is 13.5. The van der Waals surface area contributed by atoms with Gasteiger partial charge in [0, 0.05) is 111 Å². The van der Waals surface area contributed by atoms with Crippen LogP contribution in [-0.4, -0.2) is 79.4 Å². The first-order valence-corrected chi connectivity index (χ1v) is 20.9. The molecule has 2 aliphatic heterocycles. The average molecular weight is 860 g/mol. The number of carbonyl (C=O) groups is 2. The zero-order chi connectivity index (χ0) is 45.0. The maximum atomic E-state index is 14.7. The van der Waals surface area contributed by atoms with E-state index < -0.39 is 17.5 Å². The summed E-state index contributed by atoms with van der Waals surface area (Å²) in [6, 6.07) is 26.0. The zero-order valence-corrected chi connectivity index (χ0v) is 35.7. The molecule has 0 saturated carbocycles. The number of hydrogen-bond donors (Lipinski definition) is 6. The average Bonchev–Trinajstić information content (AvgIpc) is 3.29. The van der Waals surface area contributed by atoms with Crippen molar-refractivity contribution in [2.45, 2.75) is 27.7 Å². The number of pyridine rings is 1. The fourth-order valence-electron chi connectivity index (χ4n) is 7.46. The number of nitrogens with one attached hydrogen (secondary N) is 4. The predicted octanol–water partition coefficient (Wildman–Crippen LogP) is 9.03. The van der Waals surface area contributed by atoms with Crippen LogP contribution in [-0.2, 0) is 9.59 Å². The second kappa shape index (κ2) is 21.3. The molecule has 11 nitrogen and oxygen atoms in total. The molecule has 0 spiro atoms. The lowest BCUT2D eigenvalue weighted by atomic mass is 9.96. The number of halogens is 3. The zero-order valence-electron chi connectivity index (χ0n) is 35.7. The number of anilines is 4. The number of nitrogens with zero attached hydrogens (tertiary/aromatic N) is 3. The van der Waals surface area contributed by atoms with Crippen molar-refractivity contribution in [2.75, 3.05) is 72.8 Å². The number of amides is 2. The number of para-hydroxylation sites is 2. The van der Waals surface area contributed by atoms with E-state index in [-0.39, 0.29) is 40.3 Å². The second-order valence-corrected chi connectivity index (χ2v) is 14.7. The molecular formula is C49H52F3N7O4. The Labute approximate surface area is 365 Å². The minimum atomic E-state index is -0.621. The van der Waals surface area contributed by atoms with Gasteiger partial charge < -0.3 is 41.3 Å². The number of rotatable bonds is 8. The summed E-state index contributed by atoms with van der Waals surface area (Å²) >= 11 is 0. The fraction of sp³-hybridized carbons (Fsp3) is 0.245. The summed E-state index contributed by atoms with van der Waals surface area (Å²) in [5, 5.41) is 33.4. The van der Waals surface area contributed by atoms with Gasteiger partial charge in [-0.25, -0.2) is 13.2 Å². The Balaban J connectivity index is 0.000000202. The highest BCUT2D eigenvalue weighted by molar-refractivity contribution is 5.91. The van der Waals surface area contributed by atoms with Gasteiger partial charge in [0.05, 0.1) is 23.3 Å². The third kappa shape index (κ3) is 11.1. The summed E-state index contributed by atoms with van der Waals surface area (Å²) in [4.78, 5) is 31.2. The molecule has 2 saturated heterocycles. The molecule has 14 heteroatoms. The van der Waals surface area contributed by atoms with Gasteiger partial charge in [-0.15, -0.1) is 0 Å². The quantitative estimate of drug-likeness (QED) is 0.0885. The summed E-state index contributed by atoms with van der Waals surface area (Å²) in [5.74, 6) is -2.42. The van der Waals surface area contributed by atoms with Crippen molar-refractivity contribution in [1.82, 2.24) is 15.6 Å². The highest BCUT2D eigenvalue weighted by atomic mass is 19.1. The molecule has 0 aliphatic carbocycles. The van der Waals surface area contributed by atoms with Gasteiger partial charge in [-0.3, -0.25) is 14.6 Å². The van der Waals surface area contributed by atoms with Gasteiger partial charge in [-0.05, 0) is 59.7 Å². The van der Waals surface area contributed by atoms with Gasteiger partial charge in [0.25, 0.3) is 0 Å². The van der Waals surface area contributed by atoms with Crippen LogP contribution in [0.5, 0.6) is 11.5 Å². The lowest BCUT2D eigenvalue weighted by Crippen LogP contribution is -2.43. The molecule has 2 amide bonds. The van der Waals surface area contributed by atoms with E-state index in [2.05, 4.69) is 36.1 Å². The number of aromatic hydroxyl groups is 2. The Morgan fingerprint density at radius 2 is 1.00 bits per heavy atom. The largest absolute Gasteiger partial charge is 0.507 e. The lowest BCUT2D eigenvalue weighted by molar-refractivity contribution is -0.115. The molecule has 3 heterocycles. The molecule has 0 radical (unpaired) electrons. The van der Waals surface area contributed by atoms with Gasteiger partial charge in [-0.2, -0.15) is 0 Å². The van der Waals surface area contributed by atoms with Crippen molar-refractivity contribution >= 4 is 34.6 Å². The number of benzene rings is 5. The van der Waals surface area contributed by atoms with Crippen LogP contribution in [0.4, 0.5) is 35.9 Å². The molecule has 328 valence electrons. The van der Waals surface area contributed by atoms with Crippen molar-refractivity contribution in [3.63, 3.8) is 0 Å². The Morgan fingerprint density at radius 3 is 1.49 bits per heavy atom. The maximum absolute atomic E-state index is 14.7.